The minimum absolute atomic E-state index is 0.657. The third-order valence-electron chi connectivity index (χ3n) is 3.64. The molecule has 0 aromatic carbocycles. The average molecular weight is 387 g/mol. The molecular weight excluding hydrogens is 353 g/mol. The van der Waals surface area contributed by atoms with Crippen molar-refractivity contribution in [1.29, 1.82) is 0 Å². The highest BCUT2D eigenvalue weighted by Gasteiger charge is 2.36. The van der Waals surface area contributed by atoms with Gasteiger partial charge in [-0.15, -0.1) is 0 Å². The summed E-state index contributed by atoms with van der Waals surface area (Å²) in [6.07, 6.45) is 2.39. The molecule has 0 saturated carbocycles. The highest BCUT2D eigenvalue weighted by Crippen LogP contribution is 2.46. The standard InChI is InChI=1S/C14H34O2S3Si2/c1-9-13(20(5,6)15-11-3)17-19-18-14(10-2)21(7,8)16-12-4/h13-14H,9-12H2,1-8H3. The summed E-state index contributed by atoms with van der Waals surface area (Å²) in [5, 5.41) is 0. The molecule has 0 saturated heterocycles. The van der Waals surface area contributed by atoms with Crippen LogP contribution in [0.5, 0.6) is 0 Å². The molecule has 0 bridgehead atoms. The fourth-order valence-electron chi connectivity index (χ4n) is 2.40. The molecule has 0 radical (unpaired) electrons. The fraction of sp³-hybridized carbons (Fsp3) is 1.00. The summed E-state index contributed by atoms with van der Waals surface area (Å²) in [6.45, 7) is 19.9. The number of hydrogen-bond donors (Lipinski definition) is 0. The van der Waals surface area contributed by atoms with Gasteiger partial charge in [-0.05, 0) is 62.7 Å². The van der Waals surface area contributed by atoms with E-state index in [0.29, 0.717) is 9.75 Å². The van der Waals surface area contributed by atoms with Crippen LogP contribution in [0.2, 0.25) is 26.2 Å². The summed E-state index contributed by atoms with van der Waals surface area (Å²) >= 11 is 0. The minimum Gasteiger partial charge on any atom is -0.417 e. The molecule has 0 N–H and O–H groups in total. The summed E-state index contributed by atoms with van der Waals surface area (Å²) in [7, 11) is 2.89. The second kappa shape index (κ2) is 11.0. The van der Waals surface area contributed by atoms with Gasteiger partial charge in [-0.3, -0.25) is 0 Å². The summed E-state index contributed by atoms with van der Waals surface area (Å²) in [6, 6.07) is 0. The molecule has 128 valence electrons. The van der Waals surface area contributed by atoms with Crippen LogP contribution < -0.4 is 0 Å². The van der Waals surface area contributed by atoms with Crippen molar-refractivity contribution < 1.29 is 8.85 Å². The van der Waals surface area contributed by atoms with Crippen molar-refractivity contribution in [3.8, 4) is 0 Å². The van der Waals surface area contributed by atoms with Gasteiger partial charge in [0.1, 0.15) is 0 Å². The van der Waals surface area contributed by atoms with Crippen molar-refractivity contribution in [2.45, 2.75) is 76.5 Å². The molecule has 0 heterocycles. The maximum Gasteiger partial charge on any atom is 0.200 e. The SMILES string of the molecule is CCO[Si](C)(C)C(CC)SSSC(CC)[Si](C)(C)OCC. The molecule has 0 aliphatic heterocycles. The van der Waals surface area contributed by atoms with E-state index in [-0.39, 0.29) is 0 Å². The van der Waals surface area contributed by atoms with Crippen molar-refractivity contribution in [2.24, 2.45) is 0 Å². The van der Waals surface area contributed by atoms with Gasteiger partial charge in [0.2, 0.25) is 0 Å². The van der Waals surface area contributed by atoms with Crippen molar-refractivity contribution in [3.05, 3.63) is 0 Å². The van der Waals surface area contributed by atoms with E-state index in [0.717, 1.165) is 13.2 Å². The van der Waals surface area contributed by atoms with E-state index in [1.54, 1.807) is 0 Å². The predicted molar refractivity (Wildman–Crippen MR) is 109 cm³/mol. The molecule has 0 aliphatic carbocycles. The lowest BCUT2D eigenvalue weighted by molar-refractivity contribution is 0.326. The van der Waals surface area contributed by atoms with E-state index in [2.05, 4.69) is 53.9 Å². The second-order valence-electron chi connectivity index (χ2n) is 6.13. The first-order chi connectivity index (χ1) is 9.75. The highest BCUT2D eigenvalue weighted by atomic mass is 33.5. The zero-order valence-corrected chi connectivity index (χ0v) is 19.5. The van der Waals surface area contributed by atoms with E-state index in [1.165, 1.54) is 12.8 Å². The monoisotopic (exact) mass is 386 g/mol. The van der Waals surface area contributed by atoms with Crippen molar-refractivity contribution >= 4 is 48.0 Å². The topological polar surface area (TPSA) is 18.5 Å². The van der Waals surface area contributed by atoms with Crippen LogP contribution in [0.3, 0.4) is 0 Å². The Hall–Kier alpha value is 1.40. The molecule has 0 spiro atoms. The van der Waals surface area contributed by atoms with Crippen LogP contribution in [0.25, 0.3) is 0 Å². The van der Waals surface area contributed by atoms with Gasteiger partial charge < -0.3 is 8.85 Å². The maximum atomic E-state index is 6.05. The Balaban J connectivity index is 4.43. The van der Waals surface area contributed by atoms with Crippen molar-refractivity contribution in [3.63, 3.8) is 0 Å². The lowest BCUT2D eigenvalue weighted by Crippen LogP contribution is -2.43. The molecule has 2 atom stereocenters. The summed E-state index contributed by atoms with van der Waals surface area (Å²) < 4.78 is 12.1. The van der Waals surface area contributed by atoms with Crippen LogP contribution in [0.15, 0.2) is 0 Å². The molecule has 2 unspecified atom stereocenters. The second-order valence-corrected chi connectivity index (χ2v) is 19.8. The zero-order chi connectivity index (χ0) is 16.5. The van der Waals surface area contributed by atoms with Crippen LogP contribution in [0.1, 0.15) is 40.5 Å². The van der Waals surface area contributed by atoms with Crippen LogP contribution in [0.4, 0.5) is 0 Å². The van der Waals surface area contributed by atoms with Gasteiger partial charge in [-0.25, -0.2) is 0 Å². The Kier molecular flexibility index (Phi) is 11.8. The molecule has 0 aliphatic rings. The lowest BCUT2D eigenvalue weighted by atomic mass is 10.6. The number of rotatable bonds is 12. The Morgan fingerprint density at radius 3 is 1.29 bits per heavy atom. The summed E-state index contributed by atoms with van der Waals surface area (Å²) in [4.78, 5) is 1.31. The molecule has 0 aromatic rings. The van der Waals surface area contributed by atoms with Gasteiger partial charge in [0.15, 0.2) is 16.6 Å². The highest BCUT2D eigenvalue weighted by molar-refractivity contribution is 9.09. The van der Waals surface area contributed by atoms with Gasteiger partial charge in [-0.1, -0.05) is 35.4 Å². The first-order valence-corrected chi connectivity index (χ1v) is 17.6. The van der Waals surface area contributed by atoms with Crippen molar-refractivity contribution in [1.82, 2.24) is 0 Å². The van der Waals surface area contributed by atoms with E-state index in [9.17, 15) is 0 Å². The largest absolute Gasteiger partial charge is 0.417 e. The lowest BCUT2D eigenvalue weighted by Gasteiger charge is -2.32. The molecular formula is C14H34O2S3Si2. The molecule has 2 nitrogen and oxygen atoms in total. The van der Waals surface area contributed by atoms with E-state index < -0.39 is 16.6 Å². The molecule has 0 fully saturated rings. The summed E-state index contributed by atoms with van der Waals surface area (Å²) in [5.41, 5.74) is 0. The van der Waals surface area contributed by atoms with Gasteiger partial charge in [0, 0.05) is 23.0 Å². The molecule has 0 aromatic heterocycles. The van der Waals surface area contributed by atoms with Crippen LogP contribution in [0, 0.1) is 0 Å². The molecule has 7 heteroatoms. The van der Waals surface area contributed by atoms with Crippen LogP contribution >= 0.6 is 31.4 Å². The zero-order valence-electron chi connectivity index (χ0n) is 15.0. The maximum absolute atomic E-state index is 6.05. The smallest absolute Gasteiger partial charge is 0.200 e. The van der Waals surface area contributed by atoms with Gasteiger partial charge in [0.05, 0.1) is 0 Å². The minimum atomic E-state index is -1.57. The predicted octanol–water partition coefficient (Wildman–Crippen LogP) is 6.13. The third-order valence-corrected chi connectivity index (χ3v) is 19.3. The van der Waals surface area contributed by atoms with E-state index in [1.807, 2.05) is 31.4 Å². The first kappa shape index (κ1) is 22.4. The quantitative estimate of drug-likeness (QED) is 0.295. The molecule has 0 amide bonds. The Morgan fingerprint density at radius 2 is 1.05 bits per heavy atom. The van der Waals surface area contributed by atoms with Crippen LogP contribution in [-0.4, -0.2) is 39.6 Å². The molecule has 0 rings (SSSR count). The normalized spacial score (nSPS) is 16.0. The van der Waals surface area contributed by atoms with Gasteiger partial charge in [-0.2, -0.15) is 0 Å². The Labute approximate surface area is 146 Å². The fourth-order valence-corrected chi connectivity index (χ4v) is 18.9. The molecule has 21 heavy (non-hydrogen) atoms. The van der Waals surface area contributed by atoms with E-state index >= 15 is 0 Å². The Morgan fingerprint density at radius 1 is 0.714 bits per heavy atom. The average Bonchev–Trinajstić information content (AvgIpc) is 2.38. The van der Waals surface area contributed by atoms with Gasteiger partial charge >= 0.3 is 0 Å². The van der Waals surface area contributed by atoms with E-state index in [4.69, 9.17) is 8.85 Å². The third kappa shape index (κ3) is 8.17. The van der Waals surface area contributed by atoms with Crippen LogP contribution in [-0.2, 0) is 8.85 Å². The number of hydrogen-bond acceptors (Lipinski definition) is 5. The first-order valence-electron chi connectivity index (χ1n) is 8.01. The summed E-state index contributed by atoms with van der Waals surface area (Å²) in [5.74, 6) is 0. The van der Waals surface area contributed by atoms with Crippen molar-refractivity contribution in [2.75, 3.05) is 13.2 Å². The Bertz CT molecular complexity index is 253. The van der Waals surface area contributed by atoms with Gasteiger partial charge in [0.25, 0.3) is 0 Å².